The molecule has 2 saturated carbocycles. The lowest BCUT2D eigenvalue weighted by Crippen LogP contribution is -2.43. The molecule has 0 atom stereocenters. The normalized spacial score (nSPS) is 15.8. The molecule has 274 valence electrons. The van der Waals surface area contributed by atoms with Crippen LogP contribution in [0.3, 0.4) is 0 Å². The largest absolute Gasteiger partial charge is 0.490 e. The molecule has 0 radical (unpaired) electrons. The van der Waals surface area contributed by atoms with Crippen molar-refractivity contribution in [2.75, 3.05) is 0 Å². The third kappa shape index (κ3) is 10.7. The van der Waals surface area contributed by atoms with E-state index in [1.807, 2.05) is 73.2 Å². The van der Waals surface area contributed by atoms with E-state index in [2.05, 4.69) is 53.5 Å². The van der Waals surface area contributed by atoms with Crippen LogP contribution in [-0.4, -0.2) is 44.5 Å². The fourth-order valence-electron chi connectivity index (χ4n) is 7.40. The summed E-state index contributed by atoms with van der Waals surface area (Å²) in [6, 6.07) is 28.7. The zero-order chi connectivity index (χ0) is 36.3. The zero-order valence-corrected chi connectivity index (χ0v) is 31.3. The average molecular weight is 702 g/mol. The van der Waals surface area contributed by atoms with Crippen molar-refractivity contribution in [1.82, 2.24) is 14.8 Å². The fourth-order valence-corrected chi connectivity index (χ4v) is 7.40. The van der Waals surface area contributed by atoms with E-state index >= 15 is 0 Å². The summed E-state index contributed by atoms with van der Waals surface area (Å²) in [5, 5.41) is 0. The molecule has 0 aliphatic heterocycles. The minimum atomic E-state index is -0.530. The third-order valence-corrected chi connectivity index (χ3v) is 10.2. The quantitative estimate of drug-likeness (QED) is 0.146. The molecule has 6 rings (SSSR count). The SMILES string of the molecule is CC(C)(C)OC(=O)N(Cc1ccc(-c2ccc(CN(Cc3cccnc3)C(=O)c3ccc(OC4CCCCCC4)cc3)cc2)cc1)C1CCCCC1. The van der Waals surface area contributed by atoms with Gasteiger partial charge in [-0.3, -0.25) is 9.78 Å². The van der Waals surface area contributed by atoms with Crippen LogP contribution in [0.5, 0.6) is 5.75 Å². The van der Waals surface area contributed by atoms with Gasteiger partial charge in [0.1, 0.15) is 11.4 Å². The second-order valence-corrected chi connectivity index (χ2v) is 15.6. The number of hydrogen-bond donors (Lipinski definition) is 0. The van der Waals surface area contributed by atoms with Crippen LogP contribution in [0.1, 0.15) is 118 Å². The predicted molar refractivity (Wildman–Crippen MR) is 207 cm³/mol. The van der Waals surface area contributed by atoms with Crippen molar-refractivity contribution in [3.8, 4) is 16.9 Å². The highest BCUT2D eigenvalue weighted by Gasteiger charge is 2.29. The summed E-state index contributed by atoms with van der Waals surface area (Å²) in [5.74, 6) is 0.800. The van der Waals surface area contributed by atoms with Crippen molar-refractivity contribution in [2.45, 2.75) is 129 Å². The predicted octanol–water partition coefficient (Wildman–Crippen LogP) is 10.8. The maximum atomic E-state index is 13.9. The summed E-state index contributed by atoms with van der Waals surface area (Å²) in [4.78, 5) is 35.3. The lowest BCUT2D eigenvalue weighted by molar-refractivity contribution is 0.00987. The fraction of sp³-hybridized carbons (Fsp3) is 0.444. The van der Waals surface area contributed by atoms with Crippen LogP contribution >= 0.6 is 0 Å². The molecule has 0 spiro atoms. The Balaban J connectivity index is 1.12. The first-order valence-electron chi connectivity index (χ1n) is 19.3. The molecule has 0 bridgehead atoms. The Bertz CT molecular complexity index is 1700. The van der Waals surface area contributed by atoms with E-state index in [1.165, 1.54) is 32.1 Å². The molecule has 4 aromatic rings. The summed E-state index contributed by atoms with van der Waals surface area (Å²) in [6.45, 7) is 7.23. The number of hydrogen-bond acceptors (Lipinski definition) is 5. The minimum Gasteiger partial charge on any atom is -0.490 e. The first-order chi connectivity index (χ1) is 25.2. The van der Waals surface area contributed by atoms with E-state index in [9.17, 15) is 9.59 Å². The second-order valence-electron chi connectivity index (χ2n) is 15.6. The van der Waals surface area contributed by atoms with E-state index in [-0.39, 0.29) is 24.1 Å². The molecule has 7 heteroatoms. The van der Waals surface area contributed by atoms with Gasteiger partial charge >= 0.3 is 6.09 Å². The minimum absolute atomic E-state index is 0.0295. The Morgan fingerprint density at radius 1 is 0.673 bits per heavy atom. The number of rotatable bonds is 11. The summed E-state index contributed by atoms with van der Waals surface area (Å²) < 4.78 is 12.1. The van der Waals surface area contributed by atoms with Crippen LogP contribution < -0.4 is 4.74 Å². The van der Waals surface area contributed by atoms with Crippen LogP contribution in [0, 0.1) is 0 Å². The number of carbonyl (C=O) groups excluding carboxylic acids is 2. The lowest BCUT2D eigenvalue weighted by Gasteiger charge is -2.35. The molecular weight excluding hydrogens is 647 g/mol. The van der Waals surface area contributed by atoms with Gasteiger partial charge in [-0.2, -0.15) is 0 Å². The number of ether oxygens (including phenoxy) is 2. The van der Waals surface area contributed by atoms with Crippen molar-refractivity contribution < 1.29 is 19.1 Å². The highest BCUT2D eigenvalue weighted by Crippen LogP contribution is 2.28. The van der Waals surface area contributed by atoms with E-state index in [0.717, 1.165) is 72.1 Å². The van der Waals surface area contributed by atoms with Gasteiger partial charge < -0.3 is 19.3 Å². The molecule has 0 unspecified atom stereocenters. The Morgan fingerprint density at radius 2 is 1.23 bits per heavy atom. The topological polar surface area (TPSA) is 72.0 Å². The van der Waals surface area contributed by atoms with Gasteiger partial charge in [-0.1, -0.05) is 86.7 Å². The van der Waals surface area contributed by atoms with Crippen molar-refractivity contribution in [3.05, 3.63) is 120 Å². The van der Waals surface area contributed by atoms with Crippen LogP contribution in [-0.2, 0) is 24.4 Å². The van der Waals surface area contributed by atoms with Gasteiger partial charge in [0.25, 0.3) is 5.91 Å². The second kappa shape index (κ2) is 17.7. The summed E-state index contributed by atoms with van der Waals surface area (Å²) in [7, 11) is 0. The molecule has 2 amide bonds. The van der Waals surface area contributed by atoms with Crippen LogP contribution in [0.25, 0.3) is 11.1 Å². The molecule has 2 fully saturated rings. The molecular formula is C45H55N3O4. The Morgan fingerprint density at radius 3 is 1.81 bits per heavy atom. The number of nitrogens with zero attached hydrogens (tertiary/aromatic N) is 3. The summed E-state index contributed by atoms with van der Waals surface area (Å²) in [5.41, 5.74) is 5.43. The number of benzene rings is 3. The Hall–Kier alpha value is -4.65. The molecule has 2 aliphatic carbocycles. The van der Waals surface area contributed by atoms with Gasteiger partial charge in [-0.25, -0.2) is 4.79 Å². The number of carbonyl (C=O) groups is 2. The van der Waals surface area contributed by atoms with Gasteiger partial charge in [0.05, 0.1) is 6.10 Å². The summed E-state index contributed by atoms with van der Waals surface area (Å²) in [6.07, 6.45) is 16.4. The number of aromatic nitrogens is 1. The monoisotopic (exact) mass is 701 g/mol. The molecule has 52 heavy (non-hydrogen) atoms. The van der Waals surface area contributed by atoms with E-state index in [1.54, 1.807) is 6.20 Å². The Labute approximate surface area is 310 Å². The van der Waals surface area contributed by atoms with Gasteiger partial charge in [0.15, 0.2) is 0 Å². The first kappa shape index (κ1) is 37.1. The van der Waals surface area contributed by atoms with E-state index in [4.69, 9.17) is 9.47 Å². The highest BCUT2D eigenvalue weighted by atomic mass is 16.6. The van der Waals surface area contributed by atoms with Crippen molar-refractivity contribution >= 4 is 12.0 Å². The molecule has 0 N–H and O–H groups in total. The highest BCUT2D eigenvalue weighted by molar-refractivity contribution is 5.94. The first-order valence-corrected chi connectivity index (χ1v) is 19.3. The molecule has 1 heterocycles. The molecule has 1 aromatic heterocycles. The number of pyridine rings is 1. The van der Waals surface area contributed by atoms with Crippen molar-refractivity contribution in [3.63, 3.8) is 0 Å². The van der Waals surface area contributed by atoms with E-state index < -0.39 is 5.60 Å². The number of amides is 2. The van der Waals surface area contributed by atoms with Crippen molar-refractivity contribution in [2.24, 2.45) is 0 Å². The summed E-state index contributed by atoms with van der Waals surface area (Å²) >= 11 is 0. The molecule has 7 nitrogen and oxygen atoms in total. The maximum Gasteiger partial charge on any atom is 0.410 e. The smallest absolute Gasteiger partial charge is 0.410 e. The van der Waals surface area contributed by atoms with Gasteiger partial charge in [-0.05, 0) is 117 Å². The zero-order valence-electron chi connectivity index (χ0n) is 31.3. The van der Waals surface area contributed by atoms with Crippen LogP contribution in [0.15, 0.2) is 97.3 Å². The third-order valence-electron chi connectivity index (χ3n) is 10.2. The average Bonchev–Trinajstić information content (AvgIpc) is 3.43. The van der Waals surface area contributed by atoms with Gasteiger partial charge in [-0.15, -0.1) is 0 Å². The van der Waals surface area contributed by atoms with Gasteiger partial charge in [0.2, 0.25) is 0 Å². The molecule has 3 aromatic carbocycles. The maximum absolute atomic E-state index is 13.9. The lowest BCUT2D eigenvalue weighted by atomic mass is 9.94. The van der Waals surface area contributed by atoms with Crippen molar-refractivity contribution in [1.29, 1.82) is 0 Å². The standard InChI is InChI=1S/C45H55N3O4/c1-45(2,3)52-44(50)48(40-13-7-6-8-14-40)33-35-19-23-38(24-20-35)37-21-17-34(18-22-37)31-47(32-36-12-11-29-46-30-36)43(49)39-25-27-42(28-26-39)51-41-15-9-4-5-10-16-41/h11-12,17-30,40-41H,4-10,13-16,31-33H2,1-3H3. The molecule has 2 aliphatic rings. The Kier molecular flexibility index (Phi) is 12.6. The molecule has 0 saturated heterocycles. The van der Waals surface area contributed by atoms with Crippen LogP contribution in [0.2, 0.25) is 0 Å². The van der Waals surface area contributed by atoms with Gasteiger partial charge in [0, 0.05) is 43.6 Å². The van der Waals surface area contributed by atoms with Crippen LogP contribution in [0.4, 0.5) is 4.79 Å². The van der Waals surface area contributed by atoms with E-state index in [0.29, 0.717) is 25.2 Å².